The first-order valence-electron chi connectivity index (χ1n) is 9.46. The maximum Gasteiger partial charge on any atom is 0.306 e. The molecule has 144 valence electrons. The predicted molar refractivity (Wildman–Crippen MR) is 104 cm³/mol. The SMILES string of the molecule is CCOc1cccc(C(c2ccccc2OC)N2CCC(C(=O)O)CC2)c1. The number of rotatable bonds is 7. The molecular formula is C22H27NO4. The number of carboxylic acids is 1. The average molecular weight is 369 g/mol. The van der Waals surface area contributed by atoms with Crippen molar-refractivity contribution in [3.05, 3.63) is 59.7 Å². The van der Waals surface area contributed by atoms with Gasteiger partial charge in [-0.15, -0.1) is 0 Å². The van der Waals surface area contributed by atoms with Crippen molar-refractivity contribution >= 4 is 5.97 Å². The molecule has 0 spiro atoms. The second kappa shape index (κ2) is 8.91. The van der Waals surface area contributed by atoms with E-state index in [1.165, 1.54) is 0 Å². The number of hydrogen-bond donors (Lipinski definition) is 1. The van der Waals surface area contributed by atoms with Gasteiger partial charge in [-0.05, 0) is 56.6 Å². The summed E-state index contributed by atoms with van der Waals surface area (Å²) >= 11 is 0. The quantitative estimate of drug-likeness (QED) is 0.800. The first kappa shape index (κ1) is 19.2. The van der Waals surface area contributed by atoms with E-state index in [2.05, 4.69) is 23.1 Å². The minimum absolute atomic E-state index is 0.00342. The van der Waals surface area contributed by atoms with E-state index in [9.17, 15) is 9.90 Å². The van der Waals surface area contributed by atoms with Gasteiger partial charge < -0.3 is 14.6 Å². The van der Waals surface area contributed by atoms with Crippen molar-refractivity contribution in [1.29, 1.82) is 0 Å². The van der Waals surface area contributed by atoms with Gasteiger partial charge in [-0.2, -0.15) is 0 Å². The third kappa shape index (κ3) is 4.42. The van der Waals surface area contributed by atoms with Crippen molar-refractivity contribution in [1.82, 2.24) is 4.90 Å². The lowest BCUT2D eigenvalue weighted by molar-refractivity contribution is -0.143. The lowest BCUT2D eigenvalue weighted by atomic mass is 9.91. The van der Waals surface area contributed by atoms with E-state index in [1.807, 2.05) is 37.3 Å². The van der Waals surface area contributed by atoms with Crippen LogP contribution < -0.4 is 9.47 Å². The largest absolute Gasteiger partial charge is 0.496 e. The Morgan fingerprint density at radius 2 is 1.93 bits per heavy atom. The Morgan fingerprint density at radius 1 is 1.19 bits per heavy atom. The van der Waals surface area contributed by atoms with Crippen molar-refractivity contribution in [3.63, 3.8) is 0 Å². The summed E-state index contributed by atoms with van der Waals surface area (Å²) in [5, 5.41) is 9.32. The smallest absolute Gasteiger partial charge is 0.306 e. The van der Waals surface area contributed by atoms with Gasteiger partial charge in [-0.1, -0.05) is 30.3 Å². The van der Waals surface area contributed by atoms with Gasteiger partial charge in [0, 0.05) is 5.56 Å². The number of aliphatic carboxylic acids is 1. The monoisotopic (exact) mass is 369 g/mol. The van der Waals surface area contributed by atoms with Crippen LogP contribution in [-0.4, -0.2) is 42.8 Å². The number of likely N-dealkylation sites (tertiary alicyclic amines) is 1. The molecule has 0 radical (unpaired) electrons. The molecule has 1 fully saturated rings. The van der Waals surface area contributed by atoms with Crippen LogP contribution in [0.2, 0.25) is 0 Å². The fourth-order valence-corrected chi connectivity index (χ4v) is 3.83. The summed E-state index contributed by atoms with van der Waals surface area (Å²) in [4.78, 5) is 13.7. The maximum absolute atomic E-state index is 11.3. The molecule has 5 heteroatoms. The average Bonchev–Trinajstić information content (AvgIpc) is 2.69. The van der Waals surface area contributed by atoms with Crippen molar-refractivity contribution < 1.29 is 19.4 Å². The fourth-order valence-electron chi connectivity index (χ4n) is 3.83. The van der Waals surface area contributed by atoms with Gasteiger partial charge in [0.25, 0.3) is 0 Å². The standard InChI is InChI=1S/C22H27NO4/c1-3-27-18-8-6-7-17(15-18)21(19-9-4-5-10-20(19)26-2)23-13-11-16(12-14-23)22(24)25/h4-10,15-16,21H,3,11-14H2,1-2H3,(H,24,25). The highest BCUT2D eigenvalue weighted by Crippen LogP contribution is 2.38. The second-order valence-corrected chi connectivity index (χ2v) is 6.80. The minimum Gasteiger partial charge on any atom is -0.496 e. The number of hydrogen-bond acceptors (Lipinski definition) is 4. The molecule has 2 aromatic carbocycles. The summed E-state index contributed by atoms with van der Waals surface area (Å²) in [6, 6.07) is 16.2. The Hall–Kier alpha value is -2.53. The highest BCUT2D eigenvalue weighted by molar-refractivity contribution is 5.70. The molecule has 5 nitrogen and oxygen atoms in total. The number of carbonyl (C=O) groups is 1. The molecule has 0 aromatic heterocycles. The zero-order chi connectivity index (χ0) is 19.2. The zero-order valence-corrected chi connectivity index (χ0v) is 15.9. The van der Waals surface area contributed by atoms with E-state index in [0.717, 1.165) is 35.7 Å². The molecule has 0 amide bonds. The molecule has 1 N–H and O–H groups in total. The molecule has 1 aliphatic rings. The van der Waals surface area contributed by atoms with E-state index < -0.39 is 5.97 Å². The minimum atomic E-state index is -0.693. The number of methoxy groups -OCH3 is 1. The van der Waals surface area contributed by atoms with Crippen LogP contribution in [0, 0.1) is 5.92 Å². The Kier molecular flexibility index (Phi) is 6.35. The second-order valence-electron chi connectivity index (χ2n) is 6.80. The topological polar surface area (TPSA) is 59.0 Å². The summed E-state index contributed by atoms with van der Waals surface area (Å²) < 4.78 is 11.3. The molecule has 1 unspecified atom stereocenters. The number of piperidine rings is 1. The summed E-state index contributed by atoms with van der Waals surface area (Å²) in [5.41, 5.74) is 2.21. The maximum atomic E-state index is 11.3. The zero-order valence-electron chi connectivity index (χ0n) is 15.9. The number of benzene rings is 2. The fraction of sp³-hybridized carbons (Fsp3) is 0.409. The van der Waals surface area contributed by atoms with Crippen LogP contribution >= 0.6 is 0 Å². The number of para-hydroxylation sites is 1. The number of carboxylic acid groups (broad SMARTS) is 1. The van der Waals surface area contributed by atoms with E-state index >= 15 is 0 Å². The Bertz CT molecular complexity index is 768. The summed E-state index contributed by atoms with van der Waals surface area (Å²) in [6.07, 6.45) is 1.32. The molecule has 27 heavy (non-hydrogen) atoms. The number of nitrogens with zero attached hydrogens (tertiary/aromatic N) is 1. The molecule has 1 atom stereocenters. The lowest BCUT2D eigenvalue weighted by Gasteiger charge is -2.37. The third-order valence-electron chi connectivity index (χ3n) is 5.16. The molecule has 1 saturated heterocycles. The van der Waals surface area contributed by atoms with E-state index in [1.54, 1.807) is 7.11 Å². The van der Waals surface area contributed by atoms with Crippen molar-refractivity contribution in [2.24, 2.45) is 5.92 Å². The van der Waals surface area contributed by atoms with Crippen molar-refractivity contribution in [3.8, 4) is 11.5 Å². The summed E-state index contributed by atoms with van der Waals surface area (Å²) in [5.74, 6) is 0.733. The van der Waals surface area contributed by atoms with Gasteiger partial charge in [-0.25, -0.2) is 0 Å². The van der Waals surface area contributed by atoms with Crippen LogP contribution in [0.4, 0.5) is 0 Å². The molecule has 2 aromatic rings. The van der Waals surface area contributed by atoms with Crippen LogP contribution in [0.1, 0.15) is 36.9 Å². The van der Waals surface area contributed by atoms with E-state index in [4.69, 9.17) is 9.47 Å². The molecule has 1 aliphatic heterocycles. The van der Waals surface area contributed by atoms with Crippen LogP contribution in [0.5, 0.6) is 11.5 Å². The third-order valence-corrected chi connectivity index (χ3v) is 5.16. The van der Waals surface area contributed by atoms with E-state index in [0.29, 0.717) is 19.4 Å². The van der Waals surface area contributed by atoms with Gasteiger partial charge in [0.2, 0.25) is 0 Å². The first-order chi connectivity index (χ1) is 13.1. The van der Waals surface area contributed by atoms with Gasteiger partial charge in [-0.3, -0.25) is 9.69 Å². The Morgan fingerprint density at radius 3 is 2.59 bits per heavy atom. The van der Waals surface area contributed by atoms with Crippen LogP contribution in [0.3, 0.4) is 0 Å². The van der Waals surface area contributed by atoms with E-state index in [-0.39, 0.29) is 12.0 Å². The normalized spacial score (nSPS) is 16.7. The van der Waals surface area contributed by atoms with Gasteiger partial charge in [0.15, 0.2) is 0 Å². The predicted octanol–water partition coefficient (Wildman–Crippen LogP) is 3.98. The van der Waals surface area contributed by atoms with Crippen molar-refractivity contribution in [2.45, 2.75) is 25.8 Å². The molecule has 0 aliphatic carbocycles. The van der Waals surface area contributed by atoms with Crippen molar-refractivity contribution in [2.75, 3.05) is 26.8 Å². The van der Waals surface area contributed by atoms with Crippen LogP contribution in [0.15, 0.2) is 48.5 Å². The highest BCUT2D eigenvalue weighted by Gasteiger charge is 2.31. The lowest BCUT2D eigenvalue weighted by Crippen LogP contribution is -2.39. The van der Waals surface area contributed by atoms with Crippen LogP contribution in [-0.2, 0) is 4.79 Å². The summed E-state index contributed by atoms with van der Waals surface area (Å²) in [7, 11) is 1.68. The molecule has 3 rings (SSSR count). The van der Waals surface area contributed by atoms with Crippen LogP contribution in [0.25, 0.3) is 0 Å². The van der Waals surface area contributed by atoms with Gasteiger partial charge in [0.1, 0.15) is 11.5 Å². The molecule has 1 heterocycles. The molecule has 0 saturated carbocycles. The highest BCUT2D eigenvalue weighted by atomic mass is 16.5. The van der Waals surface area contributed by atoms with Gasteiger partial charge in [0.05, 0.1) is 25.7 Å². The number of ether oxygens (including phenoxy) is 2. The van der Waals surface area contributed by atoms with Gasteiger partial charge >= 0.3 is 5.97 Å². The Labute approximate surface area is 160 Å². The first-order valence-corrected chi connectivity index (χ1v) is 9.46. The summed E-state index contributed by atoms with van der Waals surface area (Å²) in [6.45, 7) is 4.06. The Balaban J connectivity index is 1.97. The molecule has 0 bridgehead atoms. The molecular weight excluding hydrogens is 342 g/mol.